The fraction of sp³-hybridized carbons (Fsp3) is 0.846. The van der Waals surface area contributed by atoms with Crippen molar-refractivity contribution in [3.8, 4) is 0 Å². The Labute approximate surface area is 113 Å². The molecule has 0 aliphatic heterocycles. The molecule has 0 heterocycles. The van der Waals surface area contributed by atoms with Gasteiger partial charge < -0.3 is 21.3 Å². The van der Waals surface area contributed by atoms with Crippen molar-refractivity contribution in [1.82, 2.24) is 5.32 Å². The molecule has 1 fully saturated rings. The van der Waals surface area contributed by atoms with E-state index >= 15 is 0 Å². The molecule has 1 amide bonds. The van der Waals surface area contributed by atoms with Crippen LogP contribution in [0.4, 0.5) is 0 Å². The zero-order chi connectivity index (χ0) is 14.7. The molecule has 1 saturated carbocycles. The number of carbonyl (C=O) groups excluding carboxylic acids is 1. The van der Waals surface area contributed by atoms with Gasteiger partial charge in [-0.3, -0.25) is 9.59 Å². The molecule has 0 aromatic carbocycles. The van der Waals surface area contributed by atoms with E-state index in [0.717, 1.165) is 6.42 Å². The van der Waals surface area contributed by atoms with Crippen molar-refractivity contribution in [2.24, 2.45) is 23.5 Å². The molecule has 1 rings (SSSR count). The molecule has 0 spiro atoms. The Kier molecular flexibility index (Phi) is 5.31. The van der Waals surface area contributed by atoms with Gasteiger partial charge in [-0.2, -0.15) is 0 Å². The quantitative estimate of drug-likeness (QED) is 0.560. The molecule has 0 bridgehead atoms. The normalized spacial score (nSPS) is 33.7. The highest BCUT2D eigenvalue weighted by Gasteiger charge is 2.48. The van der Waals surface area contributed by atoms with Crippen molar-refractivity contribution in [3.63, 3.8) is 0 Å². The van der Waals surface area contributed by atoms with Crippen LogP contribution in [-0.4, -0.2) is 40.3 Å². The number of nitrogens with one attached hydrogen (secondary N) is 1. The summed E-state index contributed by atoms with van der Waals surface area (Å²) in [7, 11) is 0. The summed E-state index contributed by atoms with van der Waals surface area (Å²) in [4.78, 5) is 22.4. The lowest BCUT2D eigenvalue weighted by Gasteiger charge is -2.34. The highest BCUT2D eigenvalue weighted by molar-refractivity contribution is 5.73. The second-order valence-electron chi connectivity index (χ2n) is 5.52. The largest absolute Gasteiger partial charge is 0.481 e. The van der Waals surface area contributed by atoms with Crippen molar-refractivity contribution in [2.75, 3.05) is 0 Å². The summed E-state index contributed by atoms with van der Waals surface area (Å²) in [6, 6.07) is -0.709. The van der Waals surface area contributed by atoms with E-state index in [1.165, 1.54) is 6.92 Å². The molecule has 1 aliphatic carbocycles. The number of hydrogen-bond acceptors (Lipinski definition) is 4. The van der Waals surface area contributed by atoms with E-state index in [9.17, 15) is 14.7 Å². The fourth-order valence-corrected chi connectivity index (χ4v) is 2.94. The summed E-state index contributed by atoms with van der Waals surface area (Å²) in [6.07, 6.45) is 0.0464. The Hall–Kier alpha value is -1.14. The first-order valence-corrected chi connectivity index (χ1v) is 6.73. The number of nitrogens with two attached hydrogens (primary N) is 1. The molecular weight excluding hydrogens is 248 g/mol. The number of aliphatic hydroxyl groups is 1. The van der Waals surface area contributed by atoms with Gasteiger partial charge in [-0.05, 0) is 12.3 Å². The maximum Gasteiger partial charge on any atom is 0.309 e. The lowest BCUT2D eigenvalue weighted by Crippen LogP contribution is -2.51. The van der Waals surface area contributed by atoms with Gasteiger partial charge in [0.25, 0.3) is 0 Å². The Morgan fingerprint density at radius 2 is 2.05 bits per heavy atom. The summed E-state index contributed by atoms with van der Waals surface area (Å²) < 4.78 is 0. The number of rotatable bonds is 5. The van der Waals surface area contributed by atoms with E-state index in [4.69, 9.17) is 10.8 Å². The number of aliphatic carboxylic acids is 1. The van der Waals surface area contributed by atoms with Crippen molar-refractivity contribution < 1.29 is 19.8 Å². The standard InChI is InChI=1S/C13H24N2O4/c1-4-6(2)11(15-7(3)16)10-9(14)5-8(12(10)17)13(18)19/h6,8-12,17H,4-5,14H2,1-3H3,(H,15,16)(H,18,19). The van der Waals surface area contributed by atoms with E-state index in [2.05, 4.69) is 5.32 Å². The molecule has 6 nitrogen and oxygen atoms in total. The number of hydrogen-bond donors (Lipinski definition) is 4. The van der Waals surface area contributed by atoms with Gasteiger partial charge in [-0.25, -0.2) is 0 Å². The minimum absolute atomic E-state index is 0.127. The number of aliphatic hydroxyl groups excluding tert-OH is 1. The third-order valence-corrected chi connectivity index (χ3v) is 4.19. The summed E-state index contributed by atoms with van der Waals surface area (Å²) in [6.45, 7) is 5.37. The van der Waals surface area contributed by atoms with Crippen LogP contribution in [0, 0.1) is 17.8 Å². The van der Waals surface area contributed by atoms with Gasteiger partial charge >= 0.3 is 5.97 Å². The van der Waals surface area contributed by atoms with Gasteiger partial charge in [0, 0.05) is 24.9 Å². The second-order valence-corrected chi connectivity index (χ2v) is 5.52. The number of carbonyl (C=O) groups is 2. The van der Waals surface area contributed by atoms with Crippen molar-refractivity contribution in [2.45, 2.75) is 51.8 Å². The molecule has 6 atom stereocenters. The van der Waals surface area contributed by atoms with E-state index in [0.29, 0.717) is 0 Å². The zero-order valence-corrected chi connectivity index (χ0v) is 11.7. The monoisotopic (exact) mass is 272 g/mol. The Morgan fingerprint density at radius 3 is 2.42 bits per heavy atom. The van der Waals surface area contributed by atoms with Crippen molar-refractivity contribution in [3.05, 3.63) is 0 Å². The first-order valence-electron chi connectivity index (χ1n) is 6.73. The van der Waals surface area contributed by atoms with Crippen LogP contribution in [0.25, 0.3) is 0 Å². The highest BCUT2D eigenvalue weighted by atomic mass is 16.4. The van der Waals surface area contributed by atoms with Gasteiger partial charge in [-0.1, -0.05) is 20.3 Å². The number of amides is 1. The third kappa shape index (κ3) is 3.45. The minimum Gasteiger partial charge on any atom is -0.481 e. The Morgan fingerprint density at radius 1 is 1.47 bits per heavy atom. The summed E-state index contributed by atoms with van der Waals surface area (Å²) >= 11 is 0. The summed E-state index contributed by atoms with van der Waals surface area (Å²) in [5.74, 6) is -2.36. The average Bonchev–Trinajstić information content (AvgIpc) is 2.61. The van der Waals surface area contributed by atoms with Crippen LogP contribution < -0.4 is 11.1 Å². The second kappa shape index (κ2) is 6.34. The molecule has 0 aromatic heterocycles. The van der Waals surface area contributed by atoms with Gasteiger partial charge in [0.15, 0.2) is 0 Å². The number of carboxylic acid groups (broad SMARTS) is 1. The Bertz CT molecular complexity index is 348. The molecule has 19 heavy (non-hydrogen) atoms. The fourth-order valence-electron chi connectivity index (χ4n) is 2.94. The molecule has 0 saturated heterocycles. The van der Waals surface area contributed by atoms with E-state index in [1.54, 1.807) is 0 Å². The van der Waals surface area contributed by atoms with Gasteiger partial charge in [-0.15, -0.1) is 0 Å². The zero-order valence-electron chi connectivity index (χ0n) is 11.7. The maximum atomic E-state index is 11.3. The maximum absolute atomic E-state index is 11.3. The molecule has 0 aromatic rings. The smallest absolute Gasteiger partial charge is 0.309 e. The third-order valence-electron chi connectivity index (χ3n) is 4.19. The molecule has 110 valence electrons. The van der Waals surface area contributed by atoms with Crippen LogP contribution in [-0.2, 0) is 9.59 Å². The molecule has 1 aliphatic rings. The Balaban J connectivity index is 2.94. The highest BCUT2D eigenvalue weighted by Crippen LogP contribution is 2.35. The SMILES string of the molecule is CCC(C)C(NC(C)=O)C1C(N)CC(C(=O)O)C1O. The molecular formula is C13H24N2O4. The van der Waals surface area contributed by atoms with Crippen molar-refractivity contribution in [1.29, 1.82) is 0 Å². The van der Waals surface area contributed by atoms with Crippen LogP contribution in [0.5, 0.6) is 0 Å². The summed E-state index contributed by atoms with van der Waals surface area (Å²) in [5, 5.41) is 22.1. The van der Waals surface area contributed by atoms with Gasteiger partial charge in [0.05, 0.1) is 12.0 Å². The van der Waals surface area contributed by atoms with E-state index in [1.807, 2.05) is 13.8 Å². The molecule has 6 heteroatoms. The number of carboxylic acids is 1. The van der Waals surface area contributed by atoms with Crippen LogP contribution in [0.15, 0.2) is 0 Å². The van der Waals surface area contributed by atoms with Crippen LogP contribution in [0.1, 0.15) is 33.6 Å². The first kappa shape index (κ1) is 15.9. The summed E-state index contributed by atoms with van der Waals surface area (Å²) in [5.41, 5.74) is 5.99. The lowest BCUT2D eigenvalue weighted by atomic mass is 9.83. The van der Waals surface area contributed by atoms with Crippen LogP contribution in [0.2, 0.25) is 0 Å². The van der Waals surface area contributed by atoms with Gasteiger partial charge in [0.2, 0.25) is 5.91 Å². The predicted molar refractivity (Wildman–Crippen MR) is 70.3 cm³/mol. The van der Waals surface area contributed by atoms with Gasteiger partial charge in [0.1, 0.15) is 0 Å². The van der Waals surface area contributed by atoms with E-state index < -0.39 is 30.0 Å². The lowest BCUT2D eigenvalue weighted by molar-refractivity contribution is -0.145. The van der Waals surface area contributed by atoms with Crippen molar-refractivity contribution >= 4 is 11.9 Å². The average molecular weight is 272 g/mol. The minimum atomic E-state index is -1.03. The topological polar surface area (TPSA) is 113 Å². The molecule has 6 unspecified atom stereocenters. The van der Waals surface area contributed by atoms with Crippen LogP contribution in [0.3, 0.4) is 0 Å². The molecule has 5 N–H and O–H groups in total. The molecule has 0 radical (unpaired) electrons. The van der Waals surface area contributed by atoms with Crippen LogP contribution >= 0.6 is 0 Å². The first-order chi connectivity index (χ1) is 8.79. The van der Waals surface area contributed by atoms with E-state index in [-0.39, 0.29) is 24.3 Å². The predicted octanol–water partition coefficient (Wildman–Crippen LogP) is -0.0539.